The van der Waals surface area contributed by atoms with Gasteiger partial charge >= 0.3 is 0 Å². The van der Waals surface area contributed by atoms with E-state index in [1.807, 2.05) is 33.9 Å². The molecule has 2 aromatic rings. The third-order valence-corrected chi connectivity index (χ3v) is 2.89. The van der Waals surface area contributed by atoms with Gasteiger partial charge in [0.15, 0.2) is 0 Å². The highest BCUT2D eigenvalue weighted by Crippen LogP contribution is 2.14. The maximum atomic E-state index is 12.1. The Morgan fingerprint density at radius 2 is 2.00 bits per heavy atom. The van der Waals surface area contributed by atoms with Crippen LogP contribution in [-0.2, 0) is 7.05 Å². The number of aryl methyl sites for hydroxylation is 3. The van der Waals surface area contributed by atoms with Gasteiger partial charge < -0.3 is 5.32 Å². The summed E-state index contributed by atoms with van der Waals surface area (Å²) in [5.74, 6) is 0.378. The molecule has 1 N–H and O–H groups in total. The molecule has 0 bridgehead atoms. The second kappa shape index (κ2) is 4.60. The van der Waals surface area contributed by atoms with Crippen molar-refractivity contribution < 1.29 is 4.79 Å². The Labute approximate surface area is 106 Å². The number of aromatic nitrogens is 3. The van der Waals surface area contributed by atoms with Gasteiger partial charge in [0.25, 0.3) is 5.91 Å². The molecule has 0 aliphatic rings. The van der Waals surface area contributed by atoms with Crippen molar-refractivity contribution in [1.29, 1.82) is 0 Å². The number of carbonyl (C=O) groups excluding carboxylic acids is 1. The standard InChI is InChI=1S/C13H16N4O/c1-8-5-6-11(14-7-8)15-13(18)12-9(2)16-17(4)10(12)3/h5-7H,1-4H3,(H,14,15,18). The van der Waals surface area contributed by atoms with Crippen LogP contribution in [0.2, 0.25) is 0 Å². The summed E-state index contributed by atoms with van der Waals surface area (Å²) in [5.41, 5.74) is 3.23. The van der Waals surface area contributed by atoms with Crippen LogP contribution < -0.4 is 5.32 Å². The number of hydrogen-bond donors (Lipinski definition) is 1. The van der Waals surface area contributed by atoms with E-state index in [-0.39, 0.29) is 5.91 Å². The molecule has 0 aromatic carbocycles. The zero-order chi connectivity index (χ0) is 13.3. The number of pyridine rings is 1. The van der Waals surface area contributed by atoms with Crippen LogP contribution in [0.5, 0.6) is 0 Å². The SMILES string of the molecule is Cc1ccc(NC(=O)c2c(C)nn(C)c2C)nc1. The number of carbonyl (C=O) groups is 1. The largest absolute Gasteiger partial charge is 0.306 e. The molecule has 0 fully saturated rings. The van der Waals surface area contributed by atoms with E-state index in [0.29, 0.717) is 11.4 Å². The fourth-order valence-electron chi connectivity index (χ4n) is 1.82. The van der Waals surface area contributed by atoms with Gasteiger partial charge in [0.05, 0.1) is 11.3 Å². The van der Waals surface area contributed by atoms with Crippen molar-refractivity contribution in [2.45, 2.75) is 20.8 Å². The molecule has 2 heterocycles. The second-order valence-corrected chi connectivity index (χ2v) is 4.34. The first-order valence-electron chi connectivity index (χ1n) is 5.73. The Morgan fingerprint density at radius 3 is 2.50 bits per heavy atom. The van der Waals surface area contributed by atoms with Gasteiger partial charge in [-0.25, -0.2) is 4.98 Å². The molecule has 0 aliphatic carbocycles. The molecule has 2 rings (SSSR count). The van der Waals surface area contributed by atoms with E-state index in [1.165, 1.54) is 0 Å². The smallest absolute Gasteiger partial charge is 0.260 e. The average molecular weight is 244 g/mol. The van der Waals surface area contributed by atoms with E-state index in [1.54, 1.807) is 16.9 Å². The lowest BCUT2D eigenvalue weighted by atomic mass is 10.2. The minimum atomic E-state index is -0.172. The zero-order valence-corrected chi connectivity index (χ0v) is 11.0. The van der Waals surface area contributed by atoms with E-state index in [2.05, 4.69) is 15.4 Å². The van der Waals surface area contributed by atoms with Gasteiger partial charge in [0.2, 0.25) is 0 Å². The summed E-state index contributed by atoms with van der Waals surface area (Å²) in [7, 11) is 1.82. The zero-order valence-electron chi connectivity index (χ0n) is 11.0. The minimum Gasteiger partial charge on any atom is -0.306 e. The molecule has 18 heavy (non-hydrogen) atoms. The van der Waals surface area contributed by atoms with Gasteiger partial charge in [-0.05, 0) is 32.4 Å². The monoisotopic (exact) mass is 244 g/mol. The number of anilines is 1. The Bertz CT molecular complexity index is 584. The molecule has 0 saturated heterocycles. The first kappa shape index (κ1) is 12.3. The van der Waals surface area contributed by atoms with Gasteiger partial charge in [-0.2, -0.15) is 5.10 Å². The Morgan fingerprint density at radius 1 is 1.28 bits per heavy atom. The molecule has 5 heteroatoms. The van der Waals surface area contributed by atoms with Gasteiger partial charge in [-0.3, -0.25) is 9.48 Å². The number of amides is 1. The van der Waals surface area contributed by atoms with Crippen LogP contribution in [0.3, 0.4) is 0 Å². The van der Waals surface area contributed by atoms with Gasteiger partial charge in [-0.15, -0.1) is 0 Å². The summed E-state index contributed by atoms with van der Waals surface area (Å²) in [6, 6.07) is 3.69. The van der Waals surface area contributed by atoms with Crippen molar-refractivity contribution in [3.8, 4) is 0 Å². The van der Waals surface area contributed by atoms with Crippen molar-refractivity contribution in [3.63, 3.8) is 0 Å². The Hall–Kier alpha value is -2.17. The molecule has 0 saturated carbocycles. The van der Waals surface area contributed by atoms with Crippen LogP contribution in [0, 0.1) is 20.8 Å². The lowest BCUT2D eigenvalue weighted by molar-refractivity contribution is 0.102. The van der Waals surface area contributed by atoms with Crippen LogP contribution in [0.1, 0.15) is 27.3 Å². The minimum absolute atomic E-state index is 0.172. The van der Waals surface area contributed by atoms with Gasteiger partial charge in [-0.1, -0.05) is 6.07 Å². The molecular formula is C13H16N4O. The van der Waals surface area contributed by atoms with Crippen LogP contribution in [0.15, 0.2) is 18.3 Å². The quantitative estimate of drug-likeness (QED) is 0.878. The highest BCUT2D eigenvalue weighted by Gasteiger charge is 2.17. The first-order valence-corrected chi connectivity index (χ1v) is 5.73. The van der Waals surface area contributed by atoms with Gasteiger partial charge in [0, 0.05) is 18.9 Å². The van der Waals surface area contributed by atoms with E-state index in [0.717, 1.165) is 17.0 Å². The van der Waals surface area contributed by atoms with Gasteiger partial charge in [0.1, 0.15) is 5.82 Å². The van der Waals surface area contributed by atoms with Crippen molar-refractivity contribution in [3.05, 3.63) is 40.8 Å². The highest BCUT2D eigenvalue weighted by atomic mass is 16.1. The fraction of sp³-hybridized carbons (Fsp3) is 0.308. The molecule has 2 aromatic heterocycles. The summed E-state index contributed by atoms with van der Waals surface area (Å²) in [4.78, 5) is 16.3. The third kappa shape index (κ3) is 2.25. The first-order chi connectivity index (χ1) is 8.49. The fourth-order valence-corrected chi connectivity index (χ4v) is 1.82. The molecule has 1 amide bonds. The summed E-state index contributed by atoms with van der Waals surface area (Å²) in [6.45, 7) is 5.65. The maximum Gasteiger partial charge on any atom is 0.260 e. The summed E-state index contributed by atoms with van der Waals surface area (Å²) in [5, 5.41) is 7.00. The van der Waals surface area contributed by atoms with Crippen molar-refractivity contribution in [2.24, 2.45) is 7.05 Å². The molecular weight excluding hydrogens is 228 g/mol. The Balaban J connectivity index is 2.24. The molecule has 5 nitrogen and oxygen atoms in total. The summed E-state index contributed by atoms with van der Waals surface area (Å²) < 4.78 is 1.70. The predicted octanol–water partition coefficient (Wildman–Crippen LogP) is 1.99. The van der Waals surface area contributed by atoms with E-state index in [4.69, 9.17) is 0 Å². The number of rotatable bonds is 2. The molecule has 94 valence electrons. The van der Waals surface area contributed by atoms with Crippen LogP contribution >= 0.6 is 0 Å². The molecule has 0 unspecified atom stereocenters. The number of nitrogens with zero attached hydrogens (tertiary/aromatic N) is 3. The maximum absolute atomic E-state index is 12.1. The second-order valence-electron chi connectivity index (χ2n) is 4.34. The Kier molecular flexibility index (Phi) is 3.14. The lowest BCUT2D eigenvalue weighted by Gasteiger charge is -2.05. The topological polar surface area (TPSA) is 59.8 Å². The molecule has 0 atom stereocenters. The van der Waals surface area contributed by atoms with Crippen molar-refractivity contribution in [2.75, 3.05) is 5.32 Å². The molecule has 0 aliphatic heterocycles. The van der Waals surface area contributed by atoms with E-state index in [9.17, 15) is 4.79 Å². The number of hydrogen-bond acceptors (Lipinski definition) is 3. The molecule has 0 spiro atoms. The normalized spacial score (nSPS) is 10.4. The van der Waals surface area contributed by atoms with Crippen molar-refractivity contribution >= 4 is 11.7 Å². The predicted molar refractivity (Wildman–Crippen MR) is 69.6 cm³/mol. The van der Waals surface area contributed by atoms with Crippen LogP contribution in [0.25, 0.3) is 0 Å². The number of nitrogens with one attached hydrogen (secondary N) is 1. The van der Waals surface area contributed by atoms with Crippen LogP contribution in [0.4, 0.5) is 5.82 Å². The average Bonchev–Trinajstić information content (AvgIpc) is 2.56. The van der Waals surface area contributed by atoms with Crippen molar-refractivity contribution in [1.82, 2.24) is 14.8 Å². The summed E-state index contributed by atoms with van der Waals surface area (Å²) in [6.07, 6.45) is 1.72. The molecule has 0 radical (unpaired) electrons. The van der Waals surface area contributed by atoms with E-state index >= 15 is 0 Å². The van der Waals surface area contributed by atoms with E-state index < -0.39 is 0 Å². The highest BCUT2D eigenvalue weighted by molar-refractivity contribution is 6.05. The lowest BCUT2D eigenvalue weighted by Crippen LogP contribution is -2.14. The summed E-state index contributed by atoms with van der Waals surface area (Å²) >= 11 is 0. The van der Waals surface area contributed by atoms with Crippen LogP contribution in [-0.4, -0.2) is 20.7 Å². The third-order valence-electron chi connectivity index (χ3n) is 2.89.